The Morgan fingerprint density at radius 2 is 1.71 bits per heavy atom. The molecule has 0 aromatic carbocycles. The first kappa shape index (κ1) is 10.4. The molecule has 0 aromatic heterocycles. The maximum atomic E-state index is 2.70. The van der Waals surface area contributed by atoms with Gasteiger partial charge in [-0.25, -0.2) is 0 Å². The van der Waals surface area contributed by atoms with E-state index in [1.54, 1.807) is 0 Å². The van der Waals surface area contributed by atoms with Crippen molar-refractivity contribution < 1.29 is 0 Å². The maximum Gasteiger partial charge on any atom is 0.00221 e. The molecule has 0 amide bonds. The van der Waals surface area contributed by atoms with Crippen molar-refractivity contribution in [1.82, 2.24) is 9.80 Å². The first-order valence-corrected chi connectivity index (χ1v) is 6.18. The number of unbranched alkanes of at least 4 members (excludes halogenated alkanes) is 1. The highest BCUT2D eigenvalue weighted by Gasteiger charge is 2.32. The van der Waals surface area contributed by atoms with Crippen LogP contribution in [0.3, 0.4) is 0 Å². The molecule has 2 aliphatic heterocycles. The monoisotopic (exact) mass is 196 g/mol. The van der Waals surface area contributed by atoms with Crippen molar-refractivity contribution in [3.63, 3.8) is 0 Å². The van der Waals surface area contributed by atoms with Gasteiger partial charge < -0.3 is 9.80 Å². The van der Waals surface area contributed by atoms with Gasteiger partial charge in [0.15, 0.2) is 0 Å². The molecule has 2 atom stereocenters. The quantitative estimate of drug-likeness (QED) is 0.677. The Morgan fingerprint density at radius 3 is 2.29 bits per heavy atom. The van der Waals surface area contributed by atoms with Gasteiger partial charge in [0.25, 0.3) is 0 Å². The average Bonchev–Trinajstić information content (AvgIpc) is 2.12. The lowest BCUT2D eigenvalue weighted by Gasteiger charge is -2.44. The molecule has 0 N–H and O–H groups in total. The summed E-state index contributed by atoms with van der Waals surface area (Å²) in [5, 5.41) is 0. The standard InChI is InChI=1S/C12H24N2/c1-3-4-5-14-9-11-6-12(10-14)8-13(2)7-11/h11-12H,3-10H2,1-2H3. The second-order valence-corrected chi connectivity index (χ2v) is 5.30. The van der Waals surface area contributed by atoms with Crippen LogP contribution < -0.4 is 0 Å². The van der Waals surface area contributed by atoms with Crippen LogP contribution in [0.2, 0.25) is 0 Å². The molecule has 2 fully saturated rings. The molecule has 0 aromatic rings. The minimum atomic E-state index is 0.962. The molecule has 82 valence electrons. The van der Waals surface area contributed by atoms with Crippen molar-refractivity contribution in [3.05, 3.63) is 0 Å². The zero-order valence-electron chi connectivity index (χ0n) is 9.71. The lowest BCUT2D eigenvalue weighted by molar-refractivity contribution is 0.0427. The van der Waals surface area contributed by atoms with Crippen LogP contribution in [0.1, 0.15) is 26.2 Å². The van der Waals surface area contributed by atoms with E-state index in [2.05, 4.69) is 23.8 Å². The van der Waals surface area contributed by atoms with Crippen molar-refractivity contribution in [2.24, 2.45) is 11.8 Å². The minimum Gasteiger partial charge on any atom is -0.306 e. The van der Waals surface area contributed by atoms with Gasteiger partial charge in [-0.1, -0.05) is 13.3 Å². The fourth-order valence-corrected chi connectivity index (χ4v) is 3.21. The predicted octanol–water partition coefficient (Wildman–Crippen LogP) is 1.67. The molecule has 2 bridgehead atoms. The Balaban J connectivity index is 1.83. The molecule has 2 heteroatoms. The lowest BCUT2D eigenvalue weighted by Crippen LogP contribution is -2.51. The van der Waals surface area contributed by atoms with Crippen LogP contribution in [-0.2, 0) is 0 Å². The van der Waals surface area contributed by atoms with E-state index in [0.29, 0.717) is 0 Å². The third-order valence-corrected chi connectivity index (χ3v) is 3.67. The van der Waals surface area contributed by atoms with Gasteiger partial charge in [-0.3, -0.25) is 0 Å². The molecule has 2 heterocycles. The normalized spacial score (nSPS) is 34.7. The highest BCUT2D eigenvalue weighted by atomic mass is 15.2. The summed E-state index contributed by atoms with van der Waals surface area (Å²) in [7, 11) is 2.28. The summed E-state index contributed by atoms with van der Waals surface area (Å²) in [5.41, 5.74) is 0. The Labute approximate surface area is 88.3 Å². The predicted molar refractivity (Wildman–Crippen MR) is 60.4 cm³/mol. The second-order valence-electron chi connectivity index (χ2n) is 5.30. The first-order chi connectivity index (χ1) is 6.78. The molecule has 2 nitrogen and oxygen atoms in total. The number of hydrogen-bond acceptors (Lipinski definition) is 2. The summed E-state index contributed by atoms with van der Waals surface area (Å²) in [4.78, 5) is 5.23. The summed E-state index contributed by atoms with van der Waals surface area (Å²) in [6, 6.07) is 0. The Morgan fingerprint density at radius 1 is 1.07 bits per heavy atom. The number of nitrogens with zero attached hydrogens (tertiary/aromatic N) is 2. The summed E-state index contributed by atoms with van der Waals surface area (Å²) in [6.45, 7) is 9.02. The van der Waals surface area contributed by atoms with Crippen LogP contribution in [0.5, 0.6) is 0 Å². The largest absolute Gasteiger partial charge is 0.306 e. The smallest absolute Gasteiger partial charge is 0.00221 e. The van der Waals surface area contributed by atoms with E-state index in [1.807, 2.05) is 0 Å². The van der Waals surface area contributed by atoms with E-state index in [0.717, 1.165) is 11.8 Å². The zero-order chi connectivity index (χ0) is 9.97. The fraction of sp³-hybridized carbons (Fsp3) is 1.00. The van der Waals surface area contributed by atoms with Crippen LogP contribution >= 0.6 is 0 Å². The van der Waals surface area contributed by atoms with Gasteiger partial charge >= 0.3 is 0 Å². The molecule has 14 heavy (non-hydrogen) atoms. The molecule has 2 aliphatic rings. The van der Waals surface area contributed by atoms with Gasteiger partial charge in [0.1, 0.15) is 0 Å². The van der Waals surface area contributed by atoms with E-state index in [-0.39, 0.29) is 0 Å². The lowest BCUT2D eigenvalue weighted by atomic mass is 9.85. The highest BCUT2D eigenvalue weighted by molar-refractivity contribution is 4.86. The van der Waals surface area contributed by atoms with E-state index in [1.165, 1.54) is 52.0 Å². The maximum absolute atomic E-state index is 2.70. The molecule has 0 saturated carbocycles. The third-order valence-electron chi connectivity index (χ3n) is 3.67. The molecule has 0 spiro atoms. The summed E-state index contributed by atoms with van der Waals surface area (Å²) in [5.74, 6) is 1.92. The summed E-state index contributed by atoms with van der Waals surface area (Å²) in [6.07, 6.45) is 4.22. The minimum absolute atomic E-state index is 0.962. The van der Waals surface area contributed by atoms with Crippen LogP contribution in [-0.4, -0.2) is 49.6 Å². The van der Waals surface area contributed by atoms with Crippen molar-refractivity contribution in [3.8, 4) is 0 Å². The average molecular weight is 196 g/mol. The molecular weight excluding hydrogens is 172 g/mol. The van der Waals surface area contributed by atoms with E-state index < -0.39 is 0 Å². The topological polar surface area (TPSA) is 6.48 Å². The number of hydrogen-bond donors (Lipinski definition) is 0. The van der Waals surface area contributed by atoms with Crippen molar-refractivity contribution in [1.29, 1.82) is 0 Å². The van der Waals surface area contributed by atoms with Gasteiger partial charge in [0.05, 0.1) is 0 Å². The molecule has 0 aliphatic carbocycles. The highest BCUT2D eigenvalue weighted by Crippen LogP contribution is 2.27. The molecule has 2 rings (SSSR count). The molecular formula is C12H24N2. The van der Waals surface area contributed by atoms with Crippen LogP contribution in [0.15, 0.2) is 0 Å². The number of rotatable bonds is 3. The summed E-state index contributed by atoms with van der Waals surface area (Å²) >= 11 is 0. The number of likely N-dealkylation sites (tertiary alicyclic amines) is 2. The van der Waals surface area contributed by atoms with Gasteiger partial charge in [-0.2, -0.15) is 0 Å². The van der Waals surface area contributed by atoms with E-state index in [4.69, 9.17) is 0 Å². The van der Waals surface area contributed by atoms with E-state index >= 15 is 0 Å². The molecule has 0 radical (unpaired) electrons. The Hall–Kier alpha value is -0.0800. The van der Waals surface area contributed by atoms with Gasteiger partial charge in [-0.05, 0) is 38.3 Å². The van der Waals surface area contributed by atoms with Crippen molar-refractivity contribution in [2.75, 3.05) is 39.8 Å². The molecule has 2 unspecified atom stereocenters. The van der Waals surface area contributed by atoms with Crippen molar-refractivity contribution >= 4 is 0 Å². The molecule has 2 saturated heterocycles. The van der Waals surface area contributed by atoms with Gasteiger partial charge in [0.2, 0.25) is 0 Å². The Kier molecular flexibility index (Phi) is 3.45. The van der Waals surface area contributed by atoms with Crippen LogP contribution in [0, 0.1) is 11.8 Å². The van der Waals surface area contributed by atoms with Gasteiger partial charge in [-0.15, -0.1) is 0 Å². The fourth-order valence-electron chi connectivity index (χ4n) is 3.21. The van der Waals surface area contributed by atoms with Crippen LogP contribution in [0.4, 0.5) is 0 Å². The number of fused-ring (bicyclic) bond motifs is 2. The number of piperidine rings is 2. The van der Waals surface area contributed by atoms with E-state index in [9.17, 15) is 0 Å². The Bertz CT molecular complexity index is 163. The van der Waals surface area contributed by atoms with Gasteiger partial charge in [0, 0.05) is 26.2 Å². The SMILES string of the molecule is CCCCN1CC2CC(CN(C)C2)C1. The van der Waals surface area contributed by atoms with Crippen LogP contribution in [0.25, 0.3) is 0 Å². The first-order valence-electron chi connectivity index (χ1n) is 6.18. The zero-order valence-corrected chi connectivity index (χ0v) is 9.71. The summed E-state index contributed by atoms with van der Waals surface area (Å²) < 4.78 is 0. The third kappa shape index (κ3) is 2.48. The second kappa shape index (κ2) is 4.63. The van der Waals surface area contributed by atoms with Crippen molar-refractivity contribution in [2.45, 2.75) is 26.2 Å².